The van der Waals surface area contributed by atoms with Crippen molar-refractivity contribution in [1.29, 1.82) is 0 Å². The van der Waals surface area contributed by atoms with E-state index in [-0.39, 0.29) is 0 Å². The number of rotatable bonds is 21. The zero-order chi connectivity index (χ0) is 20.2. The fourth-order valence-corrected chi connectivity index (χ4v) is 3.96. The Hall–Kier alpha value is -0.0400. The Balaban J connectivity index is 3.60. The summed E-state index contributed by atoms with van der Waals surface area (Å²) in [7, 11) is 0. The molecule has 0 heterocycles. The van der Waals surface area contributed by atoms with E-state index in [2.05, 4.69) is 39.5 Å². The van der Waals surface area contributed by atoms with E-state index in [1.807, 2.05) is 0 Å². The molecule has 0 aromatic heterocycles. The van der Waals surface area contributed by atoms with E-state index in [9.17, 15) is 0 Å². The summed E-state index contributed by atoms with van der Waals surface area (Å²) in [4.78, 5) is 2.76. The van der Waals surface area contributed by atoms with Gasteiger partial charge in [0.25, 0.3) is 0 Å². The number of unbranched alkanes of at least 4 members (excludes halogenated alkanes) is 11. The Bertz CT molecular complexity index is 257. The average Bonchev–Trinajstić information content (AvgIpc) is 2.61. The van der Waals surface area contributed by atoms with Gasteiger partial charge in [0.1, 0.15) is 0 Å². The van der Waals surface area contributed by atoms with Crippen molar-refractivity contribution in [2.75, 3.05) is 19.6 Å². The third-order valence-electron chi connectivity index (χ3n) is 5.84. The van der Waals surface area contributed by atoms with Crippen molar-refractivity contribution in [2.24, 2.45) is 11.8 Å². The molecule has 0 saturated carbocycles. The summed E-state index contributed by atoms with van der Waals surface area (Å²) in [5, 5.41) is 0. The van der Waals surface area contributed by atoms with Crippen molar-refractivity contribution < 1.29 is 0 Å². The Morgan fingerprint density at radius 2 is 0.778 bits per heavy atom. The van der Waals surface area contributed by atoms with Crippen LogP contribution in [0.2, 0.25) is 0 Å². The van der Waals surface area contributed by atoms with Gasteiger partial charge in [-0.3, -0.25) is 0 Å². The summed E-state index contributed by atoms with van der Waals surface area (Å²) in [6, 6.07) is 0. The van der Waals surface area contributed by atoms with Crippen LogP contribution < -0.4 is 0 Å². The van der Waals surface area contributed by atoms with Crippen LogP contribution >= 0.6 is 0 Å². The van der Waals surface area contributed by atoms with Crippen molar-refractivity contribution in [3.05, 3.63) is 0 Å². The summed E-state index contributed by atoms with van der Waals surface area (Å²) < 4.78 is 0. The smallest absolute Gasteiger partial charge is 0.00186 e. The van der Waals surface area contributed by atoms with Crippen LogP contribution in [0.3, 0.4) is 0 Å². The van der Waals surface area contributed by atoms with E-state index in [1.54, 1.807) is 0 Å². The first-order valence-corrected chi connectivity index (χ1v) is 12.8. The summed E-state index contributed by atoms with van der Waals surface area (Å²) in [5.74, 6) is 1.71. The molecule has 0 spiro atoms. The van der Waals surface area contributed by atoms with Crippen LogP contribution in [-0.2, 0) is 0 Å². The number of hydrogen-bond donors (Lipinski definition) is 0. The molecule has 0 aromatic carbocycles. The zero-order valence-corrected chi connectivity index (χ0v) is 20.0. The van der Waals surface area contributed by atoms with Crippen molar-refractivity contribution in [2.45, 2.75) is 137 Å². The minimum Gasteiger partial charge on any atom is -0.303 e. The molecule has 27 heavy (non-hydrogen) atoms. The molecule has 0 amide bonds. The highest BCUT2D eigenvalue weighted by Gasteiger charge is 2.06. The highest BCUT2D eigenvalue weighted by molar-refractivity contribution is 4.61. The third-order valence-corrected chi connectivity index (χ3v) is 5.84. The second-order valence-corrected chi connectivity index (χ2v) is 9.80. The first-order valence-electron chi connectivity index (χ1n) is 12.8. The van der Waals surface area contributed by atoms with Gasteiger partial charge in [-0.05, 0) is 63.6 Å². The number of hydrogen-bond acceptors (Lipinski definition) is 1. The van der Waals surface area contributed by atoms with Crippen LogP contribution in [0.25, 0.3) is 0 Å². The predicted molar refractivity (Wildman–Crippen MR) is 126 cm³/mol. The summed E-state index contributed by atoms with van der Waals surface area (Å²) in [5.41, 5.74) is 0. The maximum absolute atomic E-state index is 2.76. The lowest BCUT2D eigenvalue weighted by Gasteiger charge is -2.23. The maximum Gasteiger partial charge on any atom is -0.00186 e. The quantitative estimate of drug-likeness (QED) is 0.179. The molecule has 0 radical (unpaired) electrons. The van der Waals surface area contributed by atoms with E-state index in [0.717, 1.165) is 11.8 Å². The van der Waals surface area contributed by atoms with Gasteiger partial charge < -0.3 is 4.90 Å². The molecule has 1 heteroatoms. The summed E-state index contributed by atoms with van der Waals surface area (Å²) in [6.45, 7) is 15.7. The highest BCUT2D eigenvalue weighted by Crippen LogP contribution is 2.13. The Labute approximate surface area is 174 Å². The van der Waals surface area contributed by atoms with E-state index < -0.39 is 0 Å². The van der Waals surface area contributed by atoms with Crippen LogP contribution in [0, 0.1) is 11.8 Å². The molecule has 0 fully saturated rings. The lowest BCUT2D eigenvalue weighted by molar-refractivity contribution is 0.248. The van der Waals surface area contributed by atoms with E-state index in [1.165, 1.54) is 122 Å². The zero-order valence-electron chi connectivity index (χ0n) is 20.0. The van der Waals surface area contributed by atoms with Gasteiger partial charge >= 0.3 is 0 Å². The molecule has 0 aromatic rings. The molecule has 1 nitrogen and oxygen atoms in total. The highest BCUT2D eigenvalue weighted by atomic mass is 15.1. The molecule has 164 valence electrons. The maximum atomic E-state index is 2.76. The van der Waals surface area contributed by atoms with Gasteiger partial charge in [-0.25, -0.2) is 0 Å². The molecule has 0 bridgehead atoms. The molecule has 0 aliphatic rings. The largest absolute Gasteiger partial charge is 0.303 e. The normalized spacial score (nSPS) is 12.0. The standard InChI is InChI=1S/C26H55N/c1-6-7-8-9-10-11-12-13-14-15-16-17-22-27(23-18-20-25(2)3)24-19-21-26(4)5/h25-26H,6-24H2,1-5H3. The first kappa shape index (κ1) is 27.0. The van der Waals surface area contributed by atoms with Gasteiger partial charge in [0.15, 0.2) is 0 Å². The molecule has 0 aliphatic heterocycles. The minimum atomic E-state index is 0.856. The van der Waals surface area contributed by atoms with E-state index >= 15 is 0 Å². The monoisotopic (exact) mass is 381 g/mol. The lowest BCUT2D eigenvalue weighted by atomic mass is 10.0. The van der Waals surface area contributed by atoms with Gasteiger partial charge in [-0.1, -0.05) is 105 Å². The Kier molecular flexibility index (Phi) is 20.7. The van der Waals surface area contributed by atoms with Gasteiger partial charge in [0, 0.05) is 0 Å². The molecule has 0 N–H and O–H groups in total. The van der Waals surface area contributed by atoms with Crippen molar-refractivity contribution in [1.82, 2.24) is 4.90 Å². The van der Waals surface area contributed by atoms with Gasteiger partial charge in [-0.2, -0.15) is 0 Å². The SMILES string of the molecule is CCCCCCCCCCCCCCN(CCCC(C)C)CCCC(C)C. The van der Waals surface area contributed by atoms with E-state index in [0.29, 0.717) is 0 Å². The van der Waals surface area contributed by atoms with Crippen molar-refractivity contribution in [3.8, 4) is 0 Å². The topological polar surface area (TPSA) is 3.24 Å². The summed E-state index contributed by atoms with van der Waals surface area (Å²) in [6.07, 6.45) is 23.0. The third kappa shape index (κ3) is 22.1. The average molecular weight is 382 g/mol. The molecule has 0 aliphatic carbocycles. The molecular weight excluding hydrogens is 326 g/mol. The van der Waals surface area contributed by atoms with Gasteiger partial charge in [0.2, 0.25) is 0 Å². The molecular formula is C26H55N. The van der Waals surface area contributed by atoms with Gasteiger partial charge in [-0.15, -0.1) is 0 Å². The predicted octanol–water partition coefficient (Wildman–Crippen LogP) is 8.86. The van der Waals surface area contributed by atoms with Crippen LogP contribution in [-0.4, -0.2) is 24.5 Å². The Morgan fingerprint density at radius 1 is 0.444 bits per heavy atom. The fraction of sp³-hybridized carbons (Fsp3) is 1.00. The van der Waals surface area contributed by atoms with Crippen molar-refractivity contribution >= 4 is 0 Å². The minimum absolute atomic E-state index is 0.856. The summed E-state index contributed by atoms with van der Waals surface area (Å²) >= 11 is 0. The van der Waals surface area contributed by atoms with Crippen LogP contribution in [0.15, 0.2) is 0 Å². The number of nitrogens with zero attached hydrogens (tertiary/aromatic N) is 1. The van der Waals surface area contributed by atoms with Crippen LogP contribution in [0.5, 0.6) is 0 Å². The Morgan fingerprint density at radius 3 is 1.15 bits per heavy atom. The molecule has 0 rings (SSSR count). The van der Waals surface area contributed by atoms with Crippen LogP contribution in [0.1, 0.15) is 137 Å². The van der Waals surface area contributed by atoms with Gasteiger partial charge in [0.05, 0.1) is 0 Å². The van der Waals surface area contributed by atoms with Crippen LogP contribution in [0.4, 0.5) is 0 Å². The molecule has 0 saturated heterocycles. The fourth-order valence-electron chi connectivity index (χ4n) is 3.96. The van der Waals surface area contributed by atoms with E-state index in [4.69, 9.17) is 0 Å². The second kappa shape index (κ2) is 20.7. The first-order chi connectivity index (χ1) is 13.1. The van der Waals surface area contributed by atoms with Crippen molar-refractivity contribution in [3.63, 3.8) is 0 Å². The second-order valence-electron chi connectivity index (χ2n) is 9.80. The lowest BCUT2D eigenvalue weighted by Crippen LogP contribution is -2.27. The molecule has 0 atom stereocenters. The molecule has 0 unspecified atom stereocenters.